The first-order valence-corrected chi connectivity index (χ1v) is 8.18. The molecule has 1 aromatic heterocycles. The number of sulfonamides is 1. The molecule has 0 aliphatic carbocycles. The summed E-state index contributed by atoms with van der Waals surface area (Å²) in [4.78, 5) is 0. The van der Waals surface area contributed by atoms with E-state index in [2.05, 4.69) is 15.1 Å². The van der Waals surface area contributed by atoms with Gasteiger partial charge in [0.05, 0.1) is 17.1 Å². The highest BCUT2D eigenvalue weighted by atomic mass is 32.2. The molecular weight excluding hydrogens is 264 g/mol. The molecule has 0 saturated heterocycles. The fourth-order valence-corrected chi connectivity index (χ4v) is 2.50. The van der Waals surface area contributed by atoms with Gasteiger partial charge in [0.2, 0.25) is 10.0 Å². The molecule has 0 fully saturated rings. The highest BCUT2D eigenvalue weighted by Crippen LogP contribution is 2.13. The third-order valence-electron chi connectivity index (χ3n) is 2.78. The number of hydrogen-bond acceptors (Lipinski definition) is 4. The van der Waals surface area contributed by atoms with Gasteiger partial charge >= 0.3 is 0 Å². The maximum atomic E-state index is 12.1. The van der Waals surface area contributed by atoms with Gasteiger partial charge < -0.3 is 5.32 Å². The number of aromatic nitrogens is 2. The molecule has 6 nitrogen and oxygen atoms in total. The Kier molecular flexibility index (Phi) is 5.81. The molecule has 0 amide bonds. The van der Waals surface area contributed by atoms with E-state index in [4.69, 9.17) is 0 Å². The monoisotopic (exact) mass is 288 g/mol. The van der Waals surface area contributed by atoms with E-state index < -0.39 is 15.3 Å². The van der Waals surface area contributed by atoms with Crippen LogP contribution in [0.2, 0.25) is 0 Å². The lowest BCUT2D eigenvalue weighted by Gasteiger charge is -2.14. The van der Waals surface area contributed by atoms with Crippen molar-refractivity contribution in [1.29, 1.82) is 0 Å². The molecule has 110 valence electrons. The number of nitrogens with zero attached hydrogens (tertiary/aromatic N) is 2. The van der Waals surface area contributed by atoms with E-state index in [1.165, 1.54) is 6.20 Å². The Hall–Kier alpha value is -1.08. The van der Waals surface area contributed by atoms with E-state index >= 15 is 0 Å². The first-order chi connectivity index (χ1) is 8.86. The first kappa shape index (κ1) is 16.0. The van der Waals surface area contributed by atoms with Crippen molar-refractivity contribution in [3.8, 4) is 0 Å². The fourth-order valence-electron chi connectivity index (χ4n) is 1.53. The Labute approximate surface area is 115 Å². The van der Waals surface area contributed by atoms with Crippen molar-refractivity contribution in [2.45, 2.75) is 45.4 Å². The molecule has 0 bridgehead atoms. The van der Waals surface area contributed by atoms with E-state index in [0.717, 1.165) is 13.0 Å². The van der Waals surface area contributed by atoms with Crippen LogP contribution in [0.1, 0.15) is 40.2 Å². The van der Waals surface area contributed by atoms with Crippen molar-refractivity contribution in [2.24, 2.45) is 0 Å². The van der Waals surface area contributed by atoms with Crippen molar-refractivity contribution in [2.75, 3.05) is 17.8 Å². The van der Waals surface area contributed by atoms with Crippen LogP contribution in [0.4, 0.5) is 5.69 Å². The van der Waals surface area contributed by atoms with Crippen LogP contribution in [0.15, 0.2) is 12.4 Å². The lowest BCUT2D eigenvalue weighted by molar-refractivity contribution is 0.532. The summed E-state index contributed by atoms with van der Waals surface area (Å²) in [6.07, 6.45) is 4.22. The second-order valence-corrected chi connectivity index (χ2v) is 7.06. The predicted molar refractivity (Wildman–Crippen MR) is 77.8 cm³/mol. The fraction of sp³-hybridized carbons (Fsp3) is 0.750. The van der Waals surface area contributed by atoms with Crippen LogP contribution in [0.3, 0.4) is 0 Å². The standard InChI is InChI=1S/C12H24N4O2S/c1-5-6-13-7-11(4)19(17,18)15-12-8-14-16(9-12)10(2)3/h8-11,13,15H,5-7H2,1-4H3. The van der Waals surface area contributed by atoms with Crippen molar-refractivity contribution in [1.82, 2.24) is 15.1 Å². The topological polar surface area (TPSA) is 76.0 Å². The van der Waals surface area contributed by atoms with Crippen molar-refractivity contribution in [3.63, 3.8) is 0 Å². The Morgan fingerprint density at radius 3 is 2.58 bits per heavy atom. The Bertz CT molecular complexity index is 482. The first-order valence-electron chi connectivity index (χ1n) is 6.63. The zero-order valence-corrected chi connectivity index (χ0v) is 12.9. The summed E-state index contributed by atoms with van der Waals surface area (Å²) in [7, 11) is -3.37. The SMILES string of the molecule is CCCNCC(C)S(=O)(=O)Nc1cnn(C(C)C)c1. The molecule has 0 spiro atoms. The highest BCUT2D eigenvalue weighted by Gasteiger charge is 2.20. The predicted octanol–water partition coefficient (Wildman–Crippen LogP) is 1.59. The molecule has 7 heteroatoms. The molecule has 1 rings (SSSR count). The van der Waals surface area contributed by atoms with Gasteiger partial charge in [-0.25, -0.2) is 8.42 Å². The third kappa shape index (κ3) is 4.83. The lowest BCUT2D eigenvalue weighted by Crippen LogP contribution is -2.35. The van der Waals surface area contributed by atoms with Crippen LogP contribution in [0, 0.1) is 0 Å². The summed E-state index contributed by atoms with van der Waals surface area (Å²) in [5.74, 6) is 0. The van der Waals surface area contributed by atoms with Gasteiger partial charge in [0.1, 0.15) is 0 Å². The van der Waals surface area contributed by atoms with Crippen molar-refractivity contribution < 1.29 is 8.42 Å². The van der Waals surface area contributed by atoms with Gasteiger partial charge in [-0.1, -0.05) is 6.92 Å². The molecule has 1 heterocycles. The average Bonchev–Trinajstić information content (AvgIpc) is 2.77. The van der Waals surface area contributed by atoms with E-state index in [-0.39, 0.29) is 6.04 Å². The number of anilines is 1. The normalized spacial score (nSPS) is 13.7. The van der Waals surface area contributed by atoms with Crippen molar-refractivity contribution >= 4 is 15.7 Å². The van der Waals surface area contributed by atoms with Gasteiger partial charge in [0, 0.05) is 18.8 Å². The quantitative estimate of drug-likeness (QED) is 0.712. The Morgan fingerprint density at radius 1 is 1.37 bits per heavy atom. The van der Waals surface area contributed by atoms with E-state index in [9.17, 15) is 8.42 Å². The molecular formula is C12H24N4O2S. The van der Waals surface area contributed by atoms with Gasteiger partial charge in [-0.2, -0.15) is 5.10 Å². The molecule has 0 aromatic carbocycles. The van der Waals surface area contributed by atoms with E-state index in [1.807, 2.05) is 20.8 Å². The van der Waals surface area contributed by atoms with Crippen molar-refractivity contribution in [3.05, 3.63) is 12.4 Å². The zero-order chi connectivity index (χ0) is 14.5. The van der Waals surface area contributed by atoms with Gasteiger partial charge in [0.15, 0.2) is 0 Å². The maximum absolute atomic E-state index is 12.1. The molecule has 1 unspecified atom stereocenters. The summed E-state index contributed by atoms with van der Waals surface area (Å²) in [5, 5.41) is 6.73. The Morgan fingerprint density at radius 2 is 2.05 bits per heavy atom. The minimum atomic E-state index is -3.37. The number of hydrogen-bond donors (Lipinski definition) is 2. The van der Waals surface area contributed by atoms with Gasteiger partial charge in [0.25, 0.3) is 0 Å². The number of nitrogens with one attached hydrogen (secondary N) is 2. The van der Waals surface area contributed by atoms with E-state index in [0.29, 0.717) is 12.2 Å². The van der Waals surface area contributed by atoms with Crippen LogP contribution in [-0.4, -0.2) is 36.5 Å². The van der Waals surface area contributed by atoms with Crippen LogP contribution in [-0.2, 0) is 10.0 Å². The Balaban J connectivity index is 2.62. The second-order valence-electron chi connectivity index (χ2n) is 4.96. The zero-order valence-electron chi connectivity index (χ0n) is 12.0. The molecule has 0 radical (unpaired) electrons. The largest absolute Gasteiger partial charge is 0.315 e. The molecule has 0 saturated carbocycles. The average molecular weight is 288 g/mol. The smallest absolute Gasteiger partial charge is 0.236 e. The molecule has 0 aliphatic heterocycles. The molecule has 1 atom stereocenters. The summed E-state index contributed by atoms with van der Waals surface area (Å²) in [5.41, 5.74) is 0.510. The summed E-state index contributed by atoms with van der Waals surface area (Å²) < 4.78 is 28.5. The minimum absolute atomic E-state index is 0.210. The lowest BCUT2D eigenvalue weighted by atomic mass is 10.4. The van der Waals surface area contributed by atoms with Crippen LogP contribution in [0.5, 0.6) is 0 Å². The molecule has 1 aromatic rings. The van der Waals surface area contributed by atoms with Crippen LogP contribution in [0.25, 0.3) is 0 Å². The highest BCUT2D eigenvalue weighted by molar-refractivity contribution is 7.93. The molecule has 0 aliphatic rings. The van der Waals surface area contributed by atoms with Gasteiger partial charge in [-0.15, -0.1) is 0 Å². The minimum Gasteiger partial charge on any atom is -0.315 e. The van der Waals surface area contributed by atoms with Crippen LogP contribution < -0.4 is 10.0 Å². The summed E-state index contributed by atoms with van der Waals surface area (Å²) >= 11 is 0. The van der Waals surface area contributed by atoms with Gasteiger partial charge in [-0.05, 0) is 33.7 Å². The second kappa shape index (κ2) is 6.91. The molecule has 2 N–H and O–H groups in total. The van der Waals surface area contributed by atoms with E-state index in [1.54, 1.807) is 17.8 Å². The molecule has 19 heavy (non-hydrogen) atoms. The summed E-state index contributed by atoms with van der Waals surface area (Å²) in [6, 6.07) is 0.210. The summed E-state index contributed by atoms with van der Waals surface area (Å²) in [6.45, 7) is 8.99. The maximum Gasteiger partial charge on any atom is 0.236 e. The van der Waals surface area contributed by atoms with Crippen LogP contribution >= 0.6 is 0 Å². The van der Waals surface area contributed by atoms with Gasteiger partial charge in [-0.3, -0.25) is 9.40 Å². The third-order valence-corrected chi connectivity index (χ3v) is 4.53. The number of rotatable bonds is 8.